The average molecular weight is 569 g/mol. The molecular weight excluding hydrogens is 541 g/mol. The maximum Gasteiger partial charge on any atom is 0.421 e. The van der Waals surface area contributed by atoms with Crippen LogP contribution >= 0.6 is 0 Å². The first-order valence-electron chi connectivity index (χ1n) is 12.4. The van der Waals surface area contributed by atoms with Gasteiger partial charge in [0.1, 0.15) is 17.2 Å². The van der Waals surface area contributed by atoms with Gasteiger partial charge in [0.15, 0.2) is 0 Å². The minimum Gasteiger partial charge on any atom is -0.353 e. The fourth-order valence-corrected chi connectivity index (χ4v) is 4.04. The molecule has 3 heterocycles. The molecule has 0 saturated carbocycles. The highest BCUT2D eigenvalue weighted by Gasteiger charge is 2.36. The van der Waals surface area contributed by atoms with Crippen molar-refractivity contribution in [1.29, 1.82) is 0 Å². The lowest BCUT2D eigenvalue weighted by atomic mass is 10.1. The van der Waals surface area contributed by atoms with Crippen LogP contribution in [0.5, 0.6) is 0 Å². The van der Waals surface area contributed by atoms with Gasteiger partial charge in [0, 0.05) is 46.5 Å². The molecule has 0 radical (unpaired) electrons. The third-order valence-electron chi connectivity index (χ3n) is 6.21. The van der Waals surface area contributed by atoms with Crippen LogP contribution in [0.2, 0.25) is 0 Å². The average Bonchev–Trinajstić information content (AvgIpc) is 2.96. The van der Waals surface area contributed by atoms with Gasteiger partial charge in [0.25, 0.3) is 11.7 Å². The number of hydrogen-bond acceptors (Lipinski definition) is 9. The molecule has 1 aromatic carbocycles. The Bertz CT molecular complexity index is 1450. The highest BCUT2D eigenvalue weighted by molar-refractivity contribution is 6.43. The lowest BCUT2D eigenvalue weighted by molar-refractivity contribution is -0.137. The Balaban J connectivity index is 1.54. The van der Waals surface area contributed by atoms with E-state index in [9.17, 15) is 27.6 Å². The van der Waals surface area contributed by atoms with Gasteiger partial charge in [0.2, 0.25) is 11.9 Å². The van der Waals surface area contributed by atoms with Crippen LogP contribution in [0.4, 0.5) is 42.1 Å². The van der Waals surface area contributed by atoms with Crippen LogP contribution in [-0.4, -0.2) is 82.6 Å². The van der Waals surface area contributed by atoms with Crippen LogP contribution in [0.3, 0.4) is 0 Å². The van der Waals surface area contributed by atoms with Gasteiger partial charge in [-0.1, -0.05) is 18.7 Å². The molecule has 2 N–H and O–H groups in total. The lowest BCUT2D eigenvalue weighted by Gasteiger charge is -2.34. The van der Waals surface area contributed by atoms with Crippen molar-refractivity contribution in [2.24, 2.45) is 0 Å². The van der Waals surface area contributed by atoms with Crippen LogP contribution < -0.4 is 15.5 Å². The van der Waals surface area contributed by atoms with Crippen molar-refractivity contribution in [3.05, 3.63) is 72.6 Å². The van der Waals surface area contributed by atoms with Crippen molar-refractivity contribution in [2.45, 2.75) is 6.18 Å². The van der Waals surface area contributed by atoms with Crippen molar-refractivity contribution in [3.8, 4) is 0 Å². The van der Waals surface area contributed by atoms with Crippen LogP contribution in [0, 0.1) is 0 Å². The van der Waals surface area contributed by atoms with E-state index < -0.39 is 29.2 Å². The molecule has 1 saturated heterocycles. The summed E-state index contributed by atoms with van der Waals surface area (Å²) < 4.78 is 41.4. The normalized spacial score (nSPS) is 13.4. The number of carbonyl (C=O) groups excluding carboxylic acids is 3. The van der Waals surface area contributed by atoms with Gasteiger partial charge in [-0.15, -0.1) is 0 Å². The van der Waals surface area contributed by atoms with Gasteiger partial charge in [-0.3, -0.25) is 14.4 Å². The maximum absolute atomic E-state index is 13.8. The molecule has 0 unspecified atom stereocenters. The predicted octanol–water partition coefficient (Wildman–Crippen LogP) is 3.48. The fourth-order valence-electron chi connectivity index (χ4n) is 4.04. The number of piperazine rings is 1. The maximum atomic E-state index is 13.8. The van der Waals surface area contributed by atoms with Crippen molar-refractivity contribution >= 4 is 46.6 Å². The number of hydrogen-bond donors (Lipinski definition) is 2. The minimum absolute atomic E-state index is 0.0243. The van der Waals surface area contributed by atoms with Gasteiger partial charge >= 0.3 is 6.18 Å². The number of nitrogens with one attached hydrogen (secondary N) is 2. The Morgan fingerprint density at radius 1 is 0.976 bits per heavy atom. The molecule has 41 heavy (non-hydrogen) atoms. The minimum atomic E-state index is -4.80. The molecule has 214 valence electrons. The number of nitrogens with zero attached hydrogens (tertiary/aromatic N) is 6. The third kappa shape index (κ3) is 6.77. The van der Waals surface area contributed by atoms with Gasteiger partial charge in [-0.05, 0) is 30.3 Å². The Morgan fingerprint density at radius 3 is 2.29 bits per heavy atom. The first-order chi connectivity index (χ1) is 19.5. The fraction of sp³-hybridized carbons (Fsp3) is 0.259. The highest BCUT2D eigenvalue weighted by atomic mass is 19.4. The number of likely N-dealkylation sites (N-methyl/N-ethyl adjacent to an activating group) is 1. The summed E-state index contributed by atoms with van der Waals surface area (Å²) in [7, 11) is 2.79. The molecule has 4 rings (SSSR count). The van der Waals surface area contributed by atoms with E-state index in [0.717, 1.165) is 4.90 Å². The smallest absolute Gasteiger partial charge is 0.353 e. The van der Waals surface area contributed by atoms with Gasteiger partial charge in [-0.25, -0.2) is 9.97 Å². The monoisotopic (exact) mass is 568 g/mol. The largest absolute Gasteiger partial charge is 0.421 e. The summed E-state index contributed by atoms with van der Waals surface area (Å²) >= 11 is 0. The first-order valence-corrected chi connectivity index (χ1v) is 12.4. The number of benzene rings is 1. The second kappa shape index (κ2) is 12.0. The zero-order valence-electron chi connectivity index (χ0n) is 22.3. The Hall–Kier alpha value is -5.01. The SMILES string of the molecule is C=CC(=O)N1CCN(c2ccc(Nc3ncc(C(F)(F)F)c(Nc4ccccc4C(=O)C(=O)N(C)C)n3)cn2)CC1. The third-order valence-corrected chi connectivity index (χ3v) is 6.21. The lowest BCUT2D eigenvalue weighted by Crippen LogP contribution is -2.48. The topological polar surface area (TPSA) is 124 Å². The molecule has 1 aliphatic rings. The van der Waals surface area contributed by atoms with Crippen LogP contribution in [-0.2, 0) is 15.8 Å². The van der Waals surface area contributed by atoms with E-state index in [2.05, 4.69) is 32.2 Å². The molecule has 0 aliphatic carbocycles. The molecule has 14 heteroatoms. The van der Waals surface area contributed by atoms with Crippen molar-refractivity contribution in [1.82, 2.24) is 24.8 Å². The molecular formula is C27H27F3N8O3. The molecule has 3 aromatic rings. The summed E-state index contributed by atoms with van der Waals surface area (Å²) in [4.78, 5) is 53.7. The van der Waals surface area contributed by atoms with Crippen molar-refractivity contribution < 1.29 is 27.6 Å². The molecule has 2 aromatic heterocycles. The van der Waals surface area contributed by atoms with Crippen LogP contribution in [0.25, 0.3) is 0 Å². The van der Waals surface area contributed by atoms with E-state index >= 15 is 0 Å². The van der Waals surface area contributed by atoms with Gasteiger partial charge in [-0.2, -0.15) is 18.2 Å². The van der Waals surface area contributed by atoms with E-state index in [1.807, 2.05) is 4.90 Å². The number of rotatable bonds is 8. The van der Waals surface area contributed by atoms with E-state index in [0.29, 0.717) is 43.9 Å². The Morgan fingerprint density at radius 2 is 1.68 bits per heavy atom. The van der Waals surface area contributed by atoms with Crippen molar-refractivity contribution in [3.63, 3.8) is 0 Å². The number of aromatic nitrogens is 3. The summed E-state index contributed by atoms with van der Waals surface area (Å²) in [6, 6.07) is 9.14. The van der Waals surface area contributed by atoms with E-state index in [-0.39, 0.29) is 23.1 Å². The van der Waals surface area contributed by atoms with Gasteiger partial charge in [0.05, 0.1) is 23.1 Å². The summed E-state index contributed by atoms with van der Waals surface area (Å²) in [6.45, 7) is 5.72. The molecule has 1 fully saturated rings. The molecule has 11 nitrogen and oxygen atoms in total. The standard InChI is InChI=1S/C27H27F3N8O3/c1-4-22(39)38-13-11-37(12-14-38)21-10-9-17(15-31-21)33-26-32-16-19(27(28,29)30)24(35-26)34-20-8-6-5-7-18(20)23(40)25(41)36(2)3/h4-10,15-16H,1,11-14H2,2-3H3,(H2,32,33,34,35). The zero-order valence-corrected chi connectivity index (χ0v) is 22.3. The molecule has 0 bridgehead atoms. The second-order valence-corrected chi connectivity index (χ2v) is 9.20. The Labute approximate surface area is 233 Å². The zero-order chi connectivity index (χ0) is 29.7. The summed E-state index contributed by atoms with van der Waals surface area (Å²) in [6.07, 6.45) is -1.41. The number of alkyl halides is 3. The number of anilines is 5. The number of amides is 2. The number of carbonyl (C=O) groups is 3. The van der Waals surface area contributed by atoms with E-state index in [4.69, 9.17) is 0 Å². The number of halogens is 3. The quantitative estimate of drug-likeness (QED) is 0.239. The molecule has 1 aliphatic heterocycles. The highest BCUT2D eigenvalue weighted by Crippen LogP contribution is 2.36. The predicted molar refractivity (Wildman–Crippen MR) is 146 cm³/mol. The van der Waals surface area contributed by atoms with Crippen LogP contribution in [0.1, 0.15) is 15.9 Å². The number of ketones is 1. The van der Waals surface area contributed by atoms with E-state index in [1.165, 1.54) is 50.6 Å². The first kappa shape index (κ1) is 29.0. The van der Waals surface area contributed by atoms with Gasteiger partial charge < -0.3 is 25.3 Å². The number of pyridine rings is 1. The summed E-state index contributed by atoms with van der Waals surface area (Å²) in [5.74, 6) is -1.93. The van der Waals surface area contributed by atoms with E-state index in [1.54, 1.807) is 17.0 Å². The summed E-state index contributed by atoms with van der Waals surface area (Å²) in [5, 5.41) is 5.39. The second-order valence-electron chi connectivity index (χ2n) is 9.20. The van der Waals surface area contributed by atoms with Crippen molar-refractivity contribution in [2.75, 3.05) is 55.8 Å². The molecule has 2 amide bonds. The Kier molecular flexibility index (Phi) is 8.50. The molecule has 0 atom stereocenters. The van der Waals surface area contributed by atoms with Crippen LogP contribution in [0.15, 0.2) is 61.4 Å². The molecule has 0 spiro atoms. The summed E-state index contributed by atoms with van der Waals surface area (Å²) in [5.41, 5.74) is -0.871. The number of Topliss-reactive ketones (excluding diaryl/α,β-unsaturated/α-hetero) is 1. The number of para-hydroxylation sites is 1.